The van der Waals surface area contributed by atoms with Gasteiger partial charge >= 0.3 is 5.97 Å². The van der Waals surface area contributed by atoms with E-state index in [0.29, 0.717) is 11.3 Å². The number of piperidine rings is 1. The van der Waals surface area contributed by atoms with Gasteiger partial charge in [-0.25, -0.2) is 8.78 Å². The molecule has 31 heavy (non-hydrogen) atoms. The number of hydrogen-bond donors (Lipinski definition) is 1. The van der Waals surface area contributed by atoms with Crippen molar-refractivity contribution in [1.29, 1.82) is 0 Å². The SMILES string of the molecule is O=C(c1ccc(-c2ccc(F)cc2)cc1)N1CCC(C(=O)O)(c2ccc(F)cn2)CC1. The Bertz CT molecular complexity index is 1090. The van der Waals surface area contributed by atoms with Crippen LogP contribution >= 0.6 is 0 Å². The summed E-state index contributed by atoms with van der Waals surface area (Å²) >= 11 is 0. The molecule has 1 fully saturated rings. The molecule has 5 nitrogen and oxygen atoms in total. The Morgan fingerprint density at radius 1 is 0.839 bits per heavy atom. The molecule has 0 unspecified atom stereocenters. The van der Waals surface area contributed by atoms with Crippen molar-refractivity contribution in [3.8, 4) is 11.1 Å². The van der Waals surface area contributed by atoms with Crippen molar-refractivity contribution in [1.82, 2.24) is 9.88 Å². The number of halogens is 2. The number of carboxylic acid groups (broad SMARTS) is 1. The second-order valence-corrected chi connectivity index (χ2v) is 7.63. The van der Waals surface area contributed by atoms with Crippen LogP contribution in [0.5, 0.6) is 0 Å². The summed E-state index contributed by atoms with van der Waals surface area (Å²) in [5, 5.41) is 9.85. The number of carbonyl (C=O) groups is 2. The highest BCUT2D eigenvalue weighted by Crippen LogP contribution is 2.35. The van der Waals surface area contributed by atoms with Gasteiger partial charge in [0.05, 0.1) is 11.9 Å². The normalized spacial score (nSPS) is 15.5. The summed E-state index contributed by atoms with van der Waals surface area (Å²) in [4.78, 5) is 30.6. The Labute approximate surface area is 178 Å². The van der Waals surface area contributed by atoms with E-state index in [4.69, 9.17) is 0 Å². The summed E-state index contributed by atoms with van der Waals surface area (Å²) in [6.07, 6.45) is 1.40. The van der Waals surface area contributed by atoms with Crippen molar-refractivity contribution in [2.75, 3.05) is 13.1 Å². The molecule has 7 heteroatoms. The summed E-state index contributed by atoms with van der Waals surface area (Å²) in [6.45, 7) is 0.508. The highest BCUT2D eigenvalue weighted by atomic mass is 19.1. The molecule has 1 N–H and O–H groups in total. The predicted molar refractivity (Wildman–Crippen MR) is 110 cm³/mol. The van der Waals surface area contributed by atoms with Crippen molar-refractivity contribution < 1.29 is 23.5 Å². The summed E-state index contributed by atoms with van der Waals surface area (Å²) in [7, 11) is 0. The molecule has 1 amide bonds. The molecule has 1 aromatic heterocycles. The molecule has 4 rings (SSSR count). The van der Waals surface area contributed by atoms with Crippen LogP contribution in [0.15, 0.2) is 66.9 Å². The zero-order valence-corrected chi connectivity index (χ0v) is 16.6. The van der Waals surface area contributed by atoms with Crippen LogP contribution in [-0.2, 0) is 10.2 Å². The first-order valence-electron chi connectivity index (χ1n) is 9.90. The summed E-state index contributed by atoms with van der Waals surface area (Å²) in [5.74, 6) is -2.05. The van der Waals surface area contributed by atoms with E-state index >= 15 is 0 Å². The van der Waals surface area contributed by atoms with E-state index in [1.54, 1.807) is 41.3 Å². The maximum atomic E-state index is 13.2. The van der Waals surface area contributed by atoms with E-state index in [9.17, 15) is 23.5 Å². The Morgan fingerprint density at radius 3 is 1.90 bits per heavy atom. The number of rotatable bonds is 4. The molecule has 0 aliphatic carbocycles. The Balaban J connectivity index is 1.48. The van der Waals surface area contributed by atoms with E-state index < -0.39 is 17.2 Å². The molecule has 0 radical (unpaired) electrons. The molecule has 1 saturated heterocycles. The second kappa shape index (κ2) is 8.26. The third-order valence-electron chi connectivity index (χ3n) is 5.84. The van der Waals surface area contributed by atoms with Crippen molar-refractivity contribution in [3.63, 3.8) is 0 Å². The first kappa shape index (κ1) is 20.7. The van der Waals surface area contributed by atoms with Crippen molar-refractivity contribution in [2.45, 2.75) is 18.3 Å². The van der Waals surface area contributed by atoms with Gasteiger partial charge in [0.2, 0.25) is 0 Å². The molecule has 2 aromatic carbocycles. The van der Waals surface area contributed by atoms with Gasteiger partial charge in [0.1, 0.15) is 17.0 Å². The first-order valence-corrected chi connectivity index (χ1v) is 9.90. The van der Waals surface area contributed by atoms with E-state index in [1.807, 2.05) is 0 Å². The Morgan fingerprint density at radius 2 is 1.39 bits per heavy atom. The quantitative estimate of drug-likeness (QED) is 0.681. The molecule has 0 bridgehead atoms. The summed E-state index contributed by atoms with van der Waals surface area (Å²) < 4.78 is 26.3. The van der Waals surface area contributed by atoms with Crippen LogP contribution in [0.25, 0.3) is 11.1 Å². The molecule has 2 heterocycles. The maximum Gasteiger partial charge on any atom is 0.315 e. The lowest BCUT2D eigenvalue weighted by Gasteiger charge is -2.38. The number of benzene rings is 2. The third-order valence-corrected chi connectivity index (χ3v) is 5.84. The number of carbonyl (C=O) groups excluding carboxylic acids is 1. The van der Waals surface area contributed by atoms with Crippen LogP contribution < -0.4 is 0 Å². The predicted octanol–water partition coefficient (Wildman–Crippen LogP) is 4.29. The smallest absolute Gasteiger partial charge is 0.315 e. The number of pyridine rings is 1. The number of amides is 1. The van der Waals surface area contributed by atoms with Crippen LogP contribution in [0.4, 0.5) is 8.78 Å². The van der Waals surface area contributed by atoms with Gasteiger partial charge in [-0.3, -0.25) is 14.6 Å². The molecule has 0 saturated carbocycles. The van der Waals surface area contributed by atoms with Crippen molar-refractivity contribution >= 4 is 11.9 Å². The van der Waals surface area contributed by atoms with E-state index in [1.165, 1.54) is 24.3 Å². The van der Waals surface area contributed by atoms with Crippen LogP contribution in [0, 0.1) is 11.6 Å². The third kappa shape index (κ3) is 4.03. The average Bonchev–Trinajstić information content (AvgIpc) is 2.80. The minimum absolute atomic E-state index is 0.184. The minimum Gasteiger partial charge on any atom is -0.481 e. The van der Waals surface area contributed by atoms with Gasteiger partial charge < -0.3 is 10.0 Å². The number of likely N-dealkylation sites (tertiary alicyclic amines) is 1. The summed E-state index contributed by atoms with van der Waals surface area (Å²) in [5.41, 5.74) is 1.27. The van der Waals surface area contributed by atoms with Gasteiger partial charge in [0.15, 0.2) is 0 Å². The number of hydrogen-bond acceptors (Lipinski definition) is 3. The minimum atomic E-state index is -1.24. The highest BCUT2D eigenvalue weighted by Gasteiger charge is 2.45. The monoisotopic (exact) mass is 422 g/mol. The van der Waals surface area contributed by atoms with Crippen LogP contribution in [-0.4, -0.2) is 40.0 Å². The molecule has 1 aliphatic heterocycles. The average molecular weight is 422 g/mol. The lowest BCUT2D eigenvalue weighted by atomic mass is 9.75. The Kier molecular flexibility index (Phi) is 5.50. The van der Waals surface area contributed by atoms with Gasteiger partial charge in [-0.1, -0.05) is 24.3 Å². The molecular formula is C24H20F2N2O3. The Hall–Kier alpha value is -3.61. The zero-order chi connectivity index (χ0) is 22.0. The van der Waals surface area contributed by atoms with Crippen LogP contribution in [0.2, 0.25) is 0 Å². The molecule has 1 aliphatic rings. The van der Waals surface area contributed by atoms with Crippen molar-refractivity contribution in [2.24, 2.45) is 0 Å². The number of aliphatic carboxylic acids is 1. The van der Waals surface area contributed by atoms with Gasteiger partial charge in [-0.15, -0.1) is 0 Å². The molecule has 158 valence electrons. The number of nitrogens with zero attached hydrogens (tertiary/aromatic N) is 2. The molecule has 3 aromatic rings. The van der Waals surface area contributed by atoms with Crippen molar-refractivity contribution in [3.05, 3.63) is 89.8 Å². The fourth-order valence-corrected chi connectivity index (χ4v) is 3.96. The largest absolute Gasteiger partial charge is 0.481 e. The van der Waals surface area contributed by atoms with Gasteiger partial charge in [0, 0.05) is 18.7 Å². The van der Waals surface area contributed by atoms with E-state index in [2.05, 4.69) is 4.98 Å². The lowest BCUT2D eigenvalue weighted by Crippen LogP contribution is -2.49. The highest BCUT2D eigenvalue weighted by molar-refractivity contribution is 5.95. The van der Waals surface area contributed by atoms with Gasteiger partial charge in [0.25, 0.3) is 5.91 Å². The topological polar surface area (TPSA) is 70.5 Å². The fourth-order valence-electron chi connectivity index (χ4n) is 3.96. The standard InChI is InChI=1S/C24H20F2N2O3/c25-19-7-5-17(6-8-19)16-1-3-18(4-2-16)22(29)28-13-11-24(12-14-28,23(30)31)21-10-9-20(26)15-27-21/h1-10,15H,11-14H2,(H,30,31). The van der Waals surface area contributed by atoms with E-state index in [0.717, 1.165) is 17.3 Å². The van der Waals surface area contributed by atoms with Gasteiger partial charge in [-0.05, 0) is 60.4 Å². The van der Waals surface area contributed by atoms with Crippen LogP contribution in [0.1, 0.15) is 28.9 Å². The number of carboxylic acids is 1. The maximum absolute atomic E-state index is 13.2. The molecule has 0 atom stereocenters. The summed E-state index contributed by atoms with van der Waals surface area (Å²) in [6, 6.07) is 15.7. The fraction of sp³-hybridized carbons (Fsp3) is 0.208. The lowest BCUT2D eigenvalue weighted by molar-refractivity contribution is -0.146. The van der Waals surface area contributed by atoms with E-state index in [-0.39, 0.29) is 37.7 Å². The van der Waals surface area contributed by atoms with Gasteiger partial charge in [-0.2, -0.15) is 0 Å². The molecular weight excluding hydrogens is 402 g/mol. The second-order valence-electron chi connectivity index (χ2n) is 7.63. The van der Waals surface area contributed by atoms with Crippen LogP contribution in [0.3, 0.4) is 0 Å². The zero-order valence-electron chi connectivity index (χ0n) is 16.6. The first-order chi connectivity index (χ1) is 14.9. The number of aromatic nitrogens is 1. The molecule has 0 spiro atoms.